The summed E-state index contributed by atoms with van der Waals surface area (Å²) in [5.41, 5.74) is 2.12. The zero-order chi connectivity index (χ0) is 16.8. The largest absolute Gasteiger partial charge is 0.489 e. The fourth-order valence-corrected chi connectivity index (χ4v) is 2.23. The molecule has 0 fully saturated rings. The van der Waals surface area contributed by atoms with E-state index in [0.29, 0.717) is 22.6 Å². The summed E-state index contributed by atoms with van der Waals surface area (Å²) in [5.74, 6) is 1.01. The standard InChI is InChI=1S/C19H20O4/c1-13-8-9-19(17(12-13)15(3)21)23-11-10-22-18-7-5-4-6-16(18)14(2)20/h4-9,12H,10-11H2,1-3H3. The van der Waals surface area contributed by atoms with Gasteiger partial charge in [0.05, 0.1) is 11.1 Å². The highest BCUT2D eigenvalue weighted by Crippen LogP contribution is 2.21. The van der Waals surface area contributed by atoms with Gasteiger partial charge < -0.3 is 9.47 Å². The van der Waals surface area contributed by atoms with Crippen molar-refractivity contribution in [2.24, 2.45) is 0 Å². The molecule has 0 saturated carbocycles. The van der Waals surface area contributed by atoms with Gasteiger partial charge in [0.2, 0.25) is 0 Å². The van der Waals surface area contributed by atoms with Crippen LogP contribution in [0.25, 0.3) is 0 Å². The van der Waals surface area contributed by atoms with Gasteiger partial charge in [-0.2, -0.15) is 0 Å². The fourth-order valence-electron chi connectivity index (χ4n) is 2.23. The summed E-state index contributed by atoms with van der Waals surface area (Å²) in [6.07, 6.45) is 0. The number of ether oxygens (including phenoxy) is 2. The first-order valence-electron chi connectivity index (χ1n) is 7.46. The van der Waals surface area contributed by atoms with Gasteiger partial charge in [0.1, 0.15) is 24.7 Å². The molecule has 0 spiro atoms. The Bertz CT molecular complexity index is 719. The van der Waals surface area contributed by atoms with Crippen LogP contribution in [0.15, 0.2) is 42.5 Å². The Morgan fingerprint density at radius 3 is 2.00 bits per heavy atom. The van der Waals surface area contributed by atoms with Crippen molar-refractivity contribution in [2.45, 2.75) is 20.8 Å². The topological polar surface area (TPSA) is 52.6 Å². The van der Waals surface area contributed by atoms with Crippen molar-refractivity contribution in [1.82, 2.24) is 0 Å². The minimum Gasteiger partial charge on any atom is -0.489 e. The van der Waals surface area contributed by atoms with Crippen LogP contribution in [0.5, 0.6) is 11.5 Å². The van der Waals surface area contributed by atoms with Crippen molar-refractivity contribution < 1.29 is 19.1 Å². The summed E-state index contributed by atoms with van der Waals surface area (Å²) in [4.78, 5) is 23.2. The lowest BCUT2D eigenvalue weighted by Crippen LogP contribution is -2.12. The molecule has 0 heterocycles. The van der Waals surface area contributed by atoms with E-state index in [1.54, 1.807) is 24.3 Å². The van der Waals surface area contributed by atoms with Crippen LogP contribution >= 0.6 is 0 Å². The summed E-state index contributed by atoms with van der Waals surface area (Å²) >= 11 is 0. The third kappa shape index (κ3) is 4.42. The molecule has 0 saturated heterocycles. The predicted molar refractivity (Wildman–Crippen MR) is 88.6 cm³/mol. The second kappa shape index (κ2) is 7.58. The average Bonchev–Trinajstić information content (AvgIpc) is 2.52. The molecule has 0 atom stereocenters. The number of benzene rings is 2. The number of aryl methyl sites for hydroxylation is 1. The maximum atomic E-state index is 11.6. The number of Topliss-reactive ketones (excluding diaryl/α,β-unsaturated/α-hetero) is 2. The van der Waals surface area contributed by atoms with Crippen LogP contribution in [-0.2, 0) is 0 Å². The third-order valence-electron chi connectivity index (χ3n) is 3.38. The zero-order valence-corrected chi connectivity index (χ0v) is 13.6. The number of para-hydroxylation sites is 1. The van der Waals surface area contributed by atoms with Gasteiger partial charge >= 0.3 is 0 Å². The average molecular weight is 312 g/mol. The molecular weight excluding hydrogens is 292 g/mol. The van der Waals surface area contributed by atoms with Crippen LogP contribution < -0.4 is 9.47 Å². The molecule has 2 aromatic carbocycles. The Hall–Kier alpha value is -2.62. The molecule has 0 radical (unpaired) electrons. The lowest BCUT2D eigenvalue weighted by atomic mass is 10.1. The molecule has 0 bridgehead atoms. The summed E-state index contributed by atoms with van der Waals surface area (Å²) in [7, 11) is 0. The van der Waals surface area contributed by atoms with Crippen molar-refractivity contribution in [1.29, 1.82) is 0 Å². The summed E-state index contributed by atoms with van der Waals surface area (Å²) < 4.78 is 11.3. The van der Waals surface area contributed by atoms with Gasteiger partial charge in [0.25, 0.3) is 0 Å². The van der Waals surface area contributed by atoms with Crippen LogP contribution in [0.3, 0.4) is 0 Å². The summed E-state index contributed by atoms with van der Waals surface area (Å²) in [6.45, 7) is 5.52. The van der Waals surface area contributed by atoms with Crippen LogP contribution in [0.2, 0.25) is 0 Å². The maximum absolute atomic E-state index is 11.6. The number of ketones is 2. The van der Waals surface area contributed by atoms with Gasteiger partial charge in [-0.3, -0.25) is 9.59 Å². The van der Waals surface area contributed by atoms with Gasteiger partial charge in [0, 0.05) is 0 Å². The molecule has 0 unspecified atom stereocenters. The third-order valence-corrected chi connectivity index (χ3v) is 3.38. The van der Waals surface area contributed by atoms with E-state index in [1.165, 1.54) is 13.8 Å². The molecule has 0 aliphatic carbocycles. The van der Waals surface area contributed by atoms with Gasteiger partial charge in [-0.1, -0.05) is 23.8 Å². The Labute approximate surface area is 136 Å². The van der Waals surface area contributed by atoms with Crippen LogP contribution in [0, 0.1) is 6.92 Å². The number of carbonyl (C=O) groups is 2. The van der Waals surface area contributed by atoms with E-state index in [2.05, 4.69) is 0 Å². The Morgan fingerprint density at radius 1 is 0.826 bits per heavy atom. The summed E-state index contributed by atoms with van der Waals surface area (Å²) in [6, 6.07) is 12.6. The molecule has 0 aliphatic rings. The number of rotatable bonds is 7. The zero-order valence-electron chi connectivity index (χ0n) is 13.6. The lowest BCUT2D eigenvalue weighted by Gasteiger charge is -2.12. The molecule has 2 aromatic rings. The van der Waals surface area contributed by atoms with Crippen LogP contribution in [0.4, 0.5) is 0 Å². The second-order valence-electron chi connectivity index (χ2n) is 5.31. The summed E-state index contributed by atoms with van der Waals surface area (Å²) in [5, 5.41) is 0. The number of carbonyl (C=O) groups excluding carboxylic acids is 2. The van der Waals surface area contributed by atoms with Gasteiger partial charge in [-0.15, -0.1) is 0 Å². The van der Waals surface area contributed by atoms with E-state index in [1.807, 2.05) is 25.1 Å². The van der Waals surface area contributed by atoms with Crippen molar-refractivity contribution >= 4 is 11.6 Å². The molecule has 0 amide bonds. The van der Waals surface area contributed by atoms with Gasteiger partial charge in [-0.05, 0) is 45.0 Å². The highest BCUT2D eigenvalue weighted by Gasteiger charge is 2.10. The van der Waals surface area contributed by atoms with Crippen LogP contribution in [0.1, 0.15) is 40.1 Å². The van der Waals surface area contributed by atoms with Crippen molar-refractivity contribution in [3.05, 3.63) is 59.2 Å². The monoisotopic (exact) mass is 312 g/mol. The molecule has 4 nitrogen and oxygen atoms in total. The van der Waals surface area contributed by atoms with E-state index in [0.717, 1.165) is 5.56 Å². The SMILES string of the molecule is CC(=O)c1ccccc1OCCOc1ccc(C)cc1C(C)=O. The highest BCUT2D eigenvalue weighted by atomic mass is 16.5. The molecule has 0 aromatic heterocycles. The minimum atomic E-state index is -0.0427. The van der Waals surface area contributed by atoms with Crippen molar-refractivity contribution in [3.63, 3.8) is 0 Å². The first-order chi connectivity index (χ1) is 11.0. The fraction of sp³-hybridized carbons (Fsp3) is 0.263. The quantitative estimate of drug-likeness (QED) is 0.575. The number of hydrogen-bond acceptors (Lipinski definition) is 4. The predicted octanol–water partition coefficient (Wildman–Crippen LogP) is 3.86. The molecule has 0 N–H and O–H groups in total. The Morgan fingerprint density at radius 2 is 1.39 bits per heavy atom. The Balaban J connectivity index is 1.97. The maximum Gasteiger partial charge on any atom is 0.163 e. The lowest BCUT2D eigenvalue weighted by molar-refractivity contribution is 0.0996. The van der Waals surface area contributed by atoms with E-state index < -0.39 is 0 Å². The van der Waals surface area contributed by atoms with Gasteiger partial charge in [-0.25, -0.2) is 0 Å². The van der Waals surface area contributed by atoms with Crippen LogP contribution in [-0.4, -0.2) is 24.8 Å². The van der Waals surface area contributed by atoms with Crippen molar-refractivity contribution in [3.8, 4) is 11.5 Å². The van der Waals surface area contributed by atoms with Gasteiger partial charge in [0.15, 0.2) is 11.6 Å². The van der Waals surface area contributed by atoms with E-state index >= 15 is 0 Å². The smallest absolute Gasteiger partial charge is 0.163 e. The molecule has 2 rings (SSSR count). The first-order valence-corrected chi connectivity index (χ1v) is 7.46. The molecule has 4 heteroatoms. The second-order valence-corrected chi connectivity index (χ2v) is 5.31. The first kappa shape index (κ1) is 16.7. The molecule has 0 aliphatic heterocycles. The molecule has 120 valence electrons. The molecular formula is C19H20O4. The minimum absolute atomic E-state index is 0.0356. The highest BCUT2D eigenvalue weighted by molar-refractivity contribution is 5.97. The van der Waals surface area contributed by atoms with E-state index in [9.17, 15) is 9.59 Å². The normalized spacial score (nSPS) is 10.2. The van der Waals surface area contributed by atoms with E-state index in [4.69, 9.17) is 9.47 Å². The van der Waals surface area contributed by atoms with E-state index in [-0.39, 0.29) is 24.8 Å². The number of hydrogen-bond donors (Lipinski definition) is 0. The molecule has 23 heavy (non-hydrogen) atoms. The Kier molecular flexibility index (Phi) is 5.52. The van der Waals surface area contributed by atoms with Crippen molar-refractivity contribution in [2.75, 3.05) is 13.2 Å².